The van der Waals surface area contributed by atoms with E-state index in [-0.39, 0.29) is 5.91 Å². The van der Waals surface area contributed by atoms with Crippen LogP contribution in [0.2, 0.25) is 10.0 Å². The van der Waals surface area contributed by atoms with Gasteiger partial charge < -0.3 is 5.32 Å². The Labute approximate surface area is 140 Å². The van der Waals surface area contributed by atoms with Gasteiger partial charge in [-0.1, -0.05) is 23.2 Å². The predicted molar refractivity (Wildman–Crippen MR) is 91.3 cm³/mol. The predicted octanol–water partition coefficient (Wildman–Crippen LogP) is 3.44. The van der Waals surface area contributed by atoms with Gasteiger partial charge in [-0.05, 0) is 42.9 Å². The molecule has 116 valence electrons. The van der Waals surface area contributed by atoms with Crippen molar-refractivity contribution in [3.05, 3.63) is 33.8 Å². The van der Waals surface area contributed by atoms with Crippen LogP contribution in [0.25, 0.3) is 0 Å². The number of hydrogen-bond donors (Lipinski definition) is 1. The number of carbonyl (C=O) groups excluding carboxylic acids is 1. The zero-order valence-corrected chi connectivity index (χ0v) is 14.4. The summed E-state index contributed by atoms with van der Waals surface area (Å²) >= 11 is 13.6. The molecule has 0 aliphatic carbocycles. The summed E-state index contributed by atoms with van der Waals surface area (Å²) in [7, 11) is 0. The van der Waals surface area contributed by atoms with Crippen molar-refractivity contribution in [3.63, 3.8) is 0 Å². The summed E-state index contributed by atoms with van der Waals surface area (Å²) in [5, 5.41) is 4.45. The van der Waals surface area contributed by atoms with E-state index in [9.17, 15) is 4.79 Å². The molecule has 1 amide bonds. The molecule has 1 aromatic rings. The maximum absolute atomic E-state index is 11.6. The first-order valence-corrected chi connectivity index (χ1v) is 9.17. The fraction of sp³-hybridized carbons (Fsp3) is 0.533. The Hall–Kier alpha value is -0.420. The number of thioether (sulfide) groups is 1. The van der Waals surface area contributed by atoms with Crippen LogP contribution in [-0.2, 0) is 11.3 Å². The van der Waals surface area contributed by atoms with E-state index in [1.54, 1.807) is 17.8 Å². The number of hydrogen-bond acceptors (Lipinski definition) is 3. The molecule has 0 unspecified atom stereocenters. The SMILES string of the molecule is CSCC(=O)NC1CCN(Cc2cc(Cl)cc(Cl)c2)CC1. The van der Waals surface area contributed by atoms with E-state index in [2.05, 4.69) is 10.2 Å². The standard InChI is InChI=1S/C15H20Cl2N2OS/c1-21-10-15(20)18-14-2-4-19(5-3-14)9-11-6-12(16)8-13(17)7-11/h6-8,14H,2-5,9-10H2,1H3,(H,18,20). The minimum absolute atomic E-state index is 0.141. The maximum atomic E-state index is 11.6. The van der Waals surface area contributed by atoms with Gasteiger partial charge in [0.15, 0.2) is 0 Å². The third kappa shape index (κ3) is 5.70. The highest BCUT2D eigenvalue weighted by Crippen LogP contribution is 2.21. The smallest absolute Gasteiger partial charge is 0.230 e. The summed E-state index contributed by atoms with van der Waals surface area (Å²) in [6.07, 6.45) is 3.93. The first-order chi connectivity index (χ1) is 10.1. The van der Waals surface area contributed by atoms with Crippen LogP contribution >= 0.6 is 35.0 Å². The highest BCUT2D eigenvalue weighted by atomic mass is 35.5. The number of halogens is 2. The summed E-state index contributed by atoms with van der Waals surface area (Å²) in [4.78, 5) is 14.0. The highest BCUT2D eigenvalue weighted by Gasteiger charge is 2.20. The van der Waals surface area contributed by atoms with E-state index < -0.39 is 0 Å². The van der Waals surface area contributed by atoms with Crippen LogP contribution in [0.4, 0.5) is 0 Å². The zero-order chi connectivity index (χ0) is 15.2. The number of benzene rings is 1. The van der Waals surface area contributed by atoms with E-state index in [0.717, 1.165) is 38.0 Å². The summed E-state index contributed by atoms with van der Waals surface area (Å²) in [5.74, 6) is 0.684. The number of piperidine rings is 1. The summed E-state index contributed by atoms with van der Waals surface area (Å²) in [6.45, 7) is 2.81. The Balaban J connectivity index is 1.80. The minimum atomic E-state index is 0.141. The summed E-state index contributed by atoms with van der Waals surface area (Å²) in [5.41, 5.74) is 1.14. The van der Waals surface area contributed by atoms with E-state index in [0.29, 0.717) is 21.8 Å². The molecule has 2 rings (SSSR count). The second-order valence-electron chi connectivity index (χ2n) is 5.33. The quantitative estimate of drug-likeness (QED) is 0.886. The fourth-order valence-corrected chi connectivity index (χ4v) is 3.51. The van der Waals surface area contributed by atoms with Crippen LogP contribution in [0.1, 0.15) is 18.4 Å². The average molecular weight is 347 g/mol. The Bertz CT molecular complexity index is 470. The van der Waals surface area contributed by atoms with Crippen LogP contribution in [0.5, 0.6) is 0 Å². The second-order valence-corrected chi connectivity index (χ2v) is 7.07. The Morgan fingerprint density at radius 3 is 2.48 bits per heavy atom. The second kappa shape index (κ2) is 8.28. The van der Waals surface area contributed by atoms with E-state index in [4.69, 9.17) is 23.2 Å². The van der Waals surface area contributed by atoms with Crippen LogP contribution in [0, 0.1) is 0 Å². The molecule has 0 spiro atoms. The van der Waals surface area contributed by atoms with Gasteiger partial charge in [-0.2, -0.15) is 11.8 Å². The Morgan fingerprint density at radius 2 is 1.90 bits per heavy atom. The monoisotopic (exact) mass is 346 g/mol. The van der Waals surface area contributed by atoms with Gasteiger partial charge in [0.2, 0.25) is 5.91 Å². The summed E-state index contributed by atoms with van der Waals surface area (Å²) in [6, 6.07) is 5.98. The van der Waals surface area contributed by atoms with Crippen LogP contribution < -0.4 is 5.32 Å². The van der Waals surface area contributed by atoms with Gasteiger partial charge in [0.1, 0.15) is 0 Å². The van der Waals surface area contributed by atoms with Gasteiger partial charge in [0.25, 0.3) is 0 Å². The Morgan fingerprint density at radius 1 is 1.29 bits per heavy atom. The van der Waals surface area contributed by atoms with Crippen LogP contribution in [0.3, 0.4) is 0 Å². The number of carbonyl (C=O) groups is 1. The van der Waals surface area contributed by atoms with E-state index in [1.807, 2.05) is 18.4 Å². The number of rotatable bonds is 5. The van der Waals surface area contributed by atoms with Crippen molar-refractivity contribution in [1.29, 1.82) is 0 Å². The molecule has 0 radical (unpaired) electrons. The number of amides is 1. The lowest BCUT2D eigenvalue weighted by atomic mass is 10.0. The van der Waals surface area contributed by atoms with Crippen molar-refractivity contribution in [2.75, 3.05) is 25.1 Å². The van der Waals surface area contributed by atoms with Gasteiger partial charge in [-0.15, -0.1) is 0 Å². The molecule has 1 aliphatic rings. The maximum Gasteiger partial charge on any atom is 0.230 e. The minimum Gasteiger partial charge on any atom is -0.353 e. The molecule has 6 heteroatoms. The lowest BCUT2D eigenvalue weighted by molar-refractivity contribution is -0.119. The zero-order valence-electron chi connectivity index (χ0n) is 12.1. The molecule has 1 fully saturated rings. The van der Waals surface area contributed by atoms with Crippen LogP contribution in [0.15, 0.2) is 18.2 Å². The summed E-state index contributed by atoms with van der Waals surface area (Å²) < 4.78 is 0. The number of nitrogens with zero attached hydrogens (tertiary/aromatic N) is 1. The topological polar surface area (TPSA) is 32.3 Å². The van der Waals surface area contributed by atoms with E-state index >= 15 is 0 Å². The average Bonchev–Trinajstić information content (AvgIpc) is 2.40. The molecule has 3 nitrogen and oxygen atoms in total. The third-order valence-electron chi connectivity index (χ3n) is 3.56. The molecule has 1 saturated heterocycles. The van der Waals surface area contributed by atoms with E-state index in [1.165, 1.54) is 0 Å². The number of nitrogens with one attached hydrogen (secondary N) is 1. The molecular weight excluding hydrogens is 327 g/mol. The largest absolute Gasteiger partial charge is 0.353 e. The molecule has 0 atom stereocenters. The molecule has 1 heterocycles. The molecule has 0 aromatic heterocycles. The molecule has 0 bridgehead atoms. The normalized spacial score (nSPS) is 16.9. The third-order valence-corrected chi connectivity index (χ3v) is 4.54. The van der Waals surface area contributed by atoms with Gasteiger partial charge in [0, 0.05) is 35.7 Å². The highest BCUT2D eigenvalue weighted by molar-refractivity contribution is 7.99. The lowest BCUT2D eigenvalue weighted by Gasteiger charge is -2.32. The van der Waals surface area contributed by atoms with Crippen molar-refractivity contribution in [2.45, 2.75) is 25.4 Å². The molecule has 21 heavy (non-hydrogen) atoms. The van der Waals surface area contributed by atoms with Gasteiger partial charge in [-0.25, -0.2) is 0 Å². The molecule has 1 aliphatic heterocycles. The lowest BCUT2D eigenvalue weighted by Crippen LogP contribution is -2.44. The molecule has 1 N–H and O–H groups in total. The molecular formula is C15H20Cl2N2OS. The Kier molecular flexibility index (Phi) is 6.68. The first-order valence-electron chi connectivity index (χ1n) is 7.02. The van der Waals surface area contributed by atoms with Crippen molar-refractivity contribution in [1.82, 2.24) is 10.2 Å². The molecule has 0 saturated carbocycles. The van der Waals surface area contributed by atoms with Gasteiger partial charge >= 0.3 is 0 Å². The van der Waals surface area contributed by atoms with Gasteiger partial charge in [0.05, 0.1) is 5.75 Å². The van der Waals surface area contributed by atoms with Crippen molar-refractivity contribution in [3.8, 4) is 0 Å². The van der Waals surface area contributed by atoms with Gasteiger partial charge in [-0.3, -0.25) is 9.69 Å². The van der Waals surface area contributed by atoms with Crippen molar-refractivity contribution >= 4 is 40.9 Å². The fourth-order valence-electron chi connectivity index (χ4n) is 2.60. The first kappa shape index (κ1) is 16.9. The van der Waals surface area contributed by atoms with Crippen molar-refractivity contribution < 1.29 is 4.79 Å². The molecule has 1 aromatic carbocycles. The van der Waals surface area contributed by atoms with Crippen LogP contribution in [-0.4, -0.2) is 41.9 Å². The number of likely N-dealkylation sites (tertiary alicyclic amines) is 1. The van der Waals surface area contributed by atoms with Crippen molar-refractivity contribution in [2.24, 2.45) is 0 Å².